The summed E-state index contributed by atoms with van der Waals surface area (Å²) < 4.78 is 43.0. The van der Waals surface area contributed by atoms with Crippen molar-refractivity contribution < 1.29 is 32.9 Å². The smallest absolute Gasteiger partial charge is 0.458 e. The molecule has 176 valence electrons. The second-order valence-corrected chi connectivity index (χ2v) is 8.73. The van der Waals surface area contributed by atoms with Gasteiger partial charge in [0.15, 0.2) is 17.1 Å². The maximum Gasteiger partial charge on any atom is 0.586 e. The van der Waals surface area contributed by atoms with Gasteiger partial charge in [-0.3, -0.25) is 4.79 Å². The fourth-order valence-corrected chi connectivity index (χ4v) is 5.07. The van der Waals surface area contributed by atoms with E-state index in [0.29, 0.717) is 33.4 Å². The number of ether oxygens (including phenoxy) is 3. The number of benzene rings is 1. The van der Waals surface area contributed by atoms with Crippen LogP contribution in [-0.4, -0.2) is 26.9 Å². The maximum atomic E-state index is 13.6. The first-order valence-electron chi connectivity index (χ1n) is 10.7. The Morgan fingerprint density at radius 2 is 1.91 bits per heavy atom. The number of halogens is 2. The van der Waals surface area contributed by atoms with Crippen LogP contribution < -0.4 is 20.8 Å². The van der Waals surface area contributed by atoms with Crippen molar-refractivity contribution in [3.8, 4) is 22.9 Å². The number of hydrogen-bond donors (Lipinski definition) is 2. The molecule has 34 heavy (non-hydrogen) atoms. The zero-order valence-electron chi connectivity index (χ0n) is 18.1. The molecule has 0 aliphatic carbocycles. The van der Waals surface area contributed by atoms with Crippen LogP contribution in [0.25, 0.3) is 22.3 Å². The van der Waals surface area contributed by atoms with Crippen LogP contribution >= 0.6 is 0 Å². The summed E-state index contributed by atoms with van der Waals surface area (Å²) in [4.78, 5) is 30.4. The lowest BCUT2D eigenvalue weighted by Gasteiger charge is -2.31. The minimum absolute atomic E-state index is 0.0164. The summed E-state index contributed by atoms with van der Waals surface area (Å²) in [6, 6.07) is 3.81. The Balaban J connectivity index is 1.64. The molecule has 3 aliphatic heterocycles. The van der Waals surface area contributed by atoms with Crippen LogP contribution in [-0.2, 0) is 28.3 Å². The standard InChI is InChI=1S/C23H19F2N3O6/c1-3-22(31)13-5-15-19-11(7-28(15)20(29)12(13)8-32-21(22)30)18(9(2)26)10-4-16-17(6-14(10)27-19)34-23(24,25)33-16/h4-6,9,31H,3,7-8,26H2,1-2H3/t9-,22-/m0/s1. The highest BCUT2D eigenvalue weighted by Gasteiger charge is 2.46. The number of esters is 1. The lowest BCUT2D eigenvalue weighted by atomic mass is 9.86. The van der Waals surface area contributed by atoms with Gasteiger partial charge in [-0.1, -0.05) is 6.92 Å². The van der Waals surface area contributed by atoms with Gasteiger partial charge in [-0.25, -0.2) is 9.78 Å². The van der Waals surface area contributed by atoms with Crippen molar-refractivity contribution >= 4 is 16.9 Å². The second kappa shape index (κ2) is 6.51. The molecule has 3 aliphatic rings. The summed E-state index contributed by atoms with van der Waals surface area (Å²) in [5.74, 6) is -1.11. The average molecular weight is 471 g/mol. The van der Waals surface area contributed by atoms with E-state index >= 15 is 0 Å². The molecule has 11 heteroatoms. The third kappa shape index (κ3) is 2.62. The number of pyridine rings is 2. The van der Waals surface area contributed by atoms with Crippen LogP contribution in [0.2, 0.25) is 0 Å². The van der Waals surface area contributed by atoms with Gasteiger partial charge in [0, 0.05) is 28.6 Å². The van der Waals surface area contributed by atoms with Gasteiger partial charge in [-0.05, 0) is 31.0 Å². The number of rotatable bonds is 2. The number of carbonyl (C=O) groups excluding carboxylic acids is 1. The number of nitrogens with zero attached hydrogens (tertiary/aromatic N) is 2. The Morgan fingerprint density at radius 3 is 2.59 bits per heavy atom. The summed E-state index contributed by atoms with van der Waals surface area (Å²) in [6.45, 7) is 3.26. The quantitative estimate of drug-likeness (QED) is 0.427. The largest absolute Gasteiger partial charge is 0.586 e. The fraction of sp³-hybridized carbons (Fsp3) is 0.348. The maximum absolute atomic E-state index is 13.6. The predicted octanol–water partition coefficient (Wildman–Crippen LogP) is 2.42. The molecule has 0 saturated heterocycles. The topological polar surface area (TPSA) is 126 Å². The number of fused-ring (bicyclic) bond motifs is 6. The molecule has 3 N–H and O–H groups in total. The molecule has 9 nitrogen and oxygen atoms in total. The first-order valence-corrected chi connectivity index (χ1v) is 10.7. The van der Waals surface area contributed by atoms with E-state index in [4.69, 9.17) is 10.5 Å². The summed E-state index contributed by atoms with van der Waals surface area (Å²) in [7, 11) is 0. The Hall–Kier alpha value is -3.57. The van der Waals surface area contributed by atoms with Crippen molar-refractivity contribution in [2.24, 2.45) is 5.73 Å². The van der Waals surface area contributed by atoms with Crippen molar-refractivity contribution in [2.45, 2.75) is 51.4 Å². The molecule has 0 saturated carbocycles. The molecule has 5 heterocycles. The van der Waals surface area contributed by atoms with E-state index in [1.165, 1.54) is 16.7 Å². The second-order valence-electron chi connectivity index (χ2n) is 8.73. The third-order valence-electron chi connectivity index (χ3n) is 6.71. The number of aromatic nitrogens is 2. The van der Waals surface area contributed by atoms with E-state index in [9.17, 15) is 23.5 Å². The van der Waals surface area contributed by atoms with Crippen LogP contribution in [0.4, 0.5) is 8.78 Å². The zero-order chi connectivity index (χ0) is 24.2. The highest BCUT2D eigenvalue weighted by Crippen LogP contribution is 2.47. The van der Waals surface area contributed by atoms with Gasteiger partial charge in [-0.15, -0.1) is 8.78 Å². The minimum Gasteiger partial charge on any atom is -0.458 e. The normalized spacial score (nSPS) is 22.2. The van der Waals surface area contributed by atoms with Gasteiger partial charge in [0.1, 0.15) is 6.61 Å². The first-order chi connectivity index (χ1) is 16.0. The first kappa shape index (κ1) is 21.0. The van der Waals surface area contributed by atoms with Crippen LogP contribution in [0.3, 0.4) is 0 Å². The molecule has 0 spiro atoms. The molecule has 0 unspecified atom stereocenters. The number of aliphatic hydroxyl groups is 1. The summed E-state index contributed by atoms with van der Waals surface area (Å²) in [6.07, 6.45) is -3.77. The van der Waals surface area contributed by atoms with Gasteiger partial charge in [-0.2, -0.15) is 0 Å². The Morgan fingerprint density at radius 1 is 1.21 bits per heavy atom. The van der Waals surface area contributed by atoms with Crippen LogP contribution in [0.1, 0.15) is 48.6 Å². The molecule has 0 amide bonds. The molecule has 1 aromatic carbocycles. The highest BCUT2D eigenvalue weighted by molar-refractivity contribution is 5.91. The van der Waals surface area contributed by atoms with Gasteiger partial charge in [0.25, 0.3) is 5.56 Å². The molecular formula is C23H19F2N3O6. The fourth-order valence-electron chi connectivity index (χ4n) is 5.07. The van der Waals surface area contributed by atoms with Crippen molar-refractivity contribution in [1.82, 2.24) is 9.55 Å². The van der Waals surface area contributed by atoms with Crippen LogP contribution in [0.5, 0.6) is 11.5 Å². The van der Waals surface area contributed by atoms with Crippen molar-refractivity contribution in [3.63, 3.8) is 0 Å². The number of cyclic esters (lactones) is 1. The lowest BCUT2D eigenvalue weighted by Crippen LogP contribution is -2.44. The minimum atomic E-state index is -3.78. The lowest BCUT2D eigenvalue weighted by molar-refractivity contribution is -0.286. The van der Waals surface area contributed by atoms with E-state index in [1.54, 1.807) is 19.9 Å². The number of alkyl halides is 2. The monoisotopic (exact) mass is 471 g/mol. The molecule has 2 aromatic heterocycles. The summed E-state index contributed by atoms with van der Waals surface area (Å²) >= 11 is 0. The summed E-state index contributed by atoms with van der Waals surface area (Å²) in [5.41, 5.74) is 6.74. The Bertz CT molecular complexity index is 1500. The molecule has 2 atom stereocenters. The van der Waals surface area contributed by atoms with E-state index < -0.39 is 29.5 Å². The van der Waals surface area contributed by atoms with Gasteiger partial charge in [0.05, 0.1) is 29.0 Å². The molecule has 0 fully saturated rings. The van der Waals surface area contributed by atoms with E-state index in [1.807, 2.05) is 0 Å². The highest BCUT2D eigenvalue weighted by atomic mass is 19.3. The van der Waals surface area contributed by atoms with Crippen LogP contribution in [0, 0.1) is 0 Å². The molecular weight excluding hydrogens is 452 g/mol. The molecule has 6 rings (SSSR count). The molecule has 3 aromatic rings. The molecule has 0 bridgehead atoms. The number of hydrogen-bond acceptors (Lipinski definition) is 8. The third-order valence-corrected chi connectivity index (χ3v) is 6.71. The number of nitrogens with two attached hydrogens (primary N) is 1. The summed E-state index contributed by atoms with van der Waals surface area (Å²) in [5, 5.41) is 11.5. The zero-order valence-corrected chi connectivity index (χ0v) is 18.1. The van der Waals surface area contributed by atoms with E-state index in [0.717, 1.165) is 0 Å². The van der Waals surface area contributed by atoms with E-state index in [-0.39, 0.29) is 42.2 Å². The Kier molecular flexibility index (Phi) is 4.02. The van der Waals surface area contributed by atoms with Crippen LogP contribution in [0.15, 0.2) is 23.0 Å². The average Bonchev–Trinajstić information content (AvgIpc) is 3.28. The Labute approximate surface area is 190 Å². The van der Waals surface area contributed by atoms with Gasteiger partial charge in [0.2, 0.25) is 0 Å². The van der Waals surface area contributed by atoms with Crippen molar-refractivity contribution in [3.05, 3.63) is 50.8 Å². The van der Waals surface area contributed by atoms with E-state index in [2.05, 4.69) is 14.5 Å². The van der Waals surface area contributed by atoms with Crippen molar-refractivity contribution in [1.29, 1.82) is 0 Å². The molecule has 0 radical (unpaired) electrons. The number of carbonyl (C=O) groups is 1. The SMILES string of the molecule is CC[C@@]1(O)C(=O)OCc2c1cc1n(c2=O)Cc2c-1nc1cc3c(cc1c2[C@H](C)N)OC(F)(F)O3. The predicted molar refractivity (Wildman–Crippen MR) is 113 cm³/mol. The van der Waals surface area contributed by atoms with Gasteiger partial charge < -0.3 is 29.6 Å². The van der Waals surface area contributed by atoms with Gasteiger partial charge >= 0.3 is 12.3 Å². The van der Waals surface area contributed by atoms with Crippen molar-refractivity contribution in [2.75, 3.05) is 0 Å².